The van der Waals surface area contributed by atoms with Crippen LogP contribution in [0.25, 0.3) is 0 Å². The van der Waals surface area contributed by atoms with Crippen molar-refractivity contribution in [2.24, 2.45) is 5.92 Å². The quantitative estimate of drug-likeness (QED) is 0.0313. The number of aliphatic hydroxyl groups excluding tert-OH is 18. The van der Waals surface area contributed by atoms with Gasteiger partial charge in [0.25, 0.3) is 5.79 Å². The van der Waals surface area contributed by atoms with E-state index in [-0.39, 0.29) is 12.8 Å². The number of ether oxygens (including phenoxy) is 10. The lowest BCUT2D eigenvalue weighted by Crippen LogP contribution is -2.72. The molecule has 5 heterocycles. The highest BCUT2D eigenvalue weighted by atomic mass is 16.8. The topological polar surface area (TPSA) is 552 Å². The van der Waals surface area contributed by atoms with Crippen LogP contribution in [0.3, 0.4) is 0 Å². The molecule has 0 aromatic carbocycles. The molecule has 34 heteroatoms. The second-order valence-electron chi connectivity index (χ2n) is 30.3. The highest BCUT2D eigenvalue weighted by molar-refractivity contribution is 5.80. The lowest BCUT2D eigenvalue weighted by molar-refractivity contribution is -0.394. The van der Waals surface area contributed by atoms with Crippen molar-refractivity contribution in [1.29, 1.82) is 0 Å². The predicted octanol–water partition coefficient (Wildman–Crippen LogP) is -1.36. The molecule has 0 bridgehead atoms. The third-order valence-electron chi connectivity index (χ3n) is 21.0. The molecule has 0 aromatic rings. The van der Waals surface area contributed by atoms with Gasteiger partial charge in [-0.3, -0.25) is 9.59 Å². The third kappa shape index (κ3) is 29.6. The summed E-state index contributed by atoms with van der Waals surface area (Å²) in [6, 6.07) is -3.33. The van der Waals surface area contributed by atoms with Crippen molar-refractivity contribution < 1.29 is 159 Å². The Morgan fingerprint density at radius 3 is 1.44 bits per heavy atom. The Morgan fingerprint density at radius 2 is 0.953 bits per heavy atom. The van der Waals surface area contributed by atoms with Crippen LogP contribution in [-0.2, 0) is 61.8 Å². The van der Waals surface area contributed by atoms with Crippen LogP contribution in [0.4, 0.5) is 0 Å². The van der Waals surface area contributed by atoms with E-state index in [1.165, 1.54) is 89.9 Å². The maximum Gasteiger partial charge on any atom is 0.364 e. The third-order valence-corrected chi connectivity index (χ3v) is 21.0. The van der Waals surface area contributed by atoms with E-state index in [1.54, 1.807) is 0 Å². The maximum absolute atomic E-state index is 13.8. The van der Waals surface area contributed by atoms with E-state index in [9.17, 15) is 111 Å². The van der Waals surface area contributed by atoms with Gasteiger partial charge in [0.05, 0.1) is 63.9 Å². The molecule has 2 unspecified atom stereocenters. The molecule has 5 rings (SSSR count). The van der Waals surface area contributed by atoms with Crippen LogP contribution < -0.4 is 10.6 Å². The number of carbonyl (C=O) groups is 3. The average molecular weight is 1550 g/mol. The Labute approximate surface area is 628 Å². The number of carboxylic acids is 1. The van der Waals surface area contributed by atoms with Crippen LogP contribution in [0.1, 0.15) is 220 Å². The van der Waals surface area contributed by atoms with E-state index in [0.717, 1.165) is 77.6 Å². The zero-order chi connectivity index (χ0) is 78.9. The molecule has 5 saturated heterocycles. The molecular weight excluding hydrogens is 1420 g/mol. The van der Waals surface area contributed by atoms with Crippen molar-refractivity contribution in [2.75, 3.05) is 39.6 Å². The van der Waals surface area contributed by atoms with Gasteiger partial charge >= 0.3 is 5.97 Å². The summed E-state index contributed by atoms with van der Waals surface area (Å²) in [7, 11) is 0. The highest BCUT2D eigenvalue weighted by Crippen LogP contribution is 2.41. The normalized spacial score (nSPS) is 34.6. The van der Waals surface area contributed by atoms with Crippen molar-refractivity contribution in [3.63, 3.8) is 0 Å². The number of aliphatic carboxylic acids is 1. The Hall–Kier alpha value is -2.71. The average Bonchev–Trinajstić information content (AvgIpc) is 0.745. The molecule has 628 valence electrons. The van der Waals surface area contributed by atoms with Crippen molar-refractivity contribution in [1.82, 2.24) is 10.6 Å². The number of carboxylic acid groups (broad SMARTS) is 1. The molecule has 0 radical (unpaired) electrons. The van der Waals surface area contributed by atoms with Gasteiger partial charge in [0.15, 0.2) is 25.2 Å². The number of nitrogens with one attached hydrogen (secondary N) is 2. The fraction of sp³-hybridized carbons (Fsp3) is 0.959. The number of hydrogen-bond acceptors (Lipinski definition) is 31. The molecule has 0 saturated carbocycles. The van der Waals surface area contributed by atoms with Gasteiger partial charge in [0.2, 0.25) is 11.8 Å². The van der Waals surface area contributed by atoms with Crippen molar-refractivity contribution in [2.45, 2.75) is 398 Å². The Morgan fingerprint density at radius 1 is 0.505 bits per heavy atom. The first-order valence-corrected chi connectivity index (χ1v) is 39.4. The number of aliphatic hydroxyl groups is 18. The Kier molecular flexibility index (Phi) is 44.2. The summed E-state index contributed by atoms with van der Waals surface area (Å²) in [4.78, 5) is 40.4. The van der Waals surface area contributed by atoms with E-state index in [4.69, 9.17) is 47.4 Å². The molecule has 5 aliphatic heterocycles. The summed E-state index contributed by atoms with van der Waals surface area (Å²) in [5.41, 5.74) is 0. The van der Waals surface area contributed by atoms with Crippen LogP contribution in [0.15, 0.2) is 0 Å². The molecule has 21 N–H and O–H groups in total. The largest absolute Gasteiger partial charge is 0.477 e. The van der Waals surface area contributed by atoms with Gasteiger partial charge in [0.1, 0.15) is 122 Å². The van der Waals surface area contributed by atoms with Gasteiger partial charge in [0, 0.05) is 13.3 Å². The molecule has 2 amide bonds. The summed E-state index contributed by atoms with van der Waals surface area (Å²) in [6.45, 7) is 1.81. The fourth-order valence-corrected chi connectivity index (χ4v) is 14.4. The van der Waals surface area contributed by atoms with E-state index in [2.05, 4.69) is 31.4 Å². The van der Waals surface area contributed by atoms with Crippen LogP contribution in [0, 0.1) is 5.92 Å². The number of rotatable bonds is 53. The fourth-order valence-electron chi connectivity index (χ4n) is 14.4. The second-order valence-corrected chi connectivity index (χ2v) is 30.3. The summed E-state index contributed by atoms with van der Waals surface area (Å²) in [5, 5.41) is 215. The Balaban J connectivity index is 1.27. The molecule has 107 heavy (non-hydrogen) atoms. The van der Waals surface area contributed by atoms with Crippen molar-refractivity contribution >= 4 is 17.8 Å². The SMILES string of the molecule is CCCCCCCCCCCCCCCCCCCC[C@@H](O)C(=O)N[C@@H](CO[C@@H]1O[C@H](CO)[C@@H](O[C@@H]2O[C@H](CO)[C@H](O)[C@H](O[C@]3(C(=O)O)C[C@H](O[C@H]4O[C@H](CO)[C@H](O[C@H]5OC[C@H](O)[C@H](O)[C@H]5O)[C@H](O)[C@H]4O)[C@@H](NC(C)=O)[C@H](C(O)C(O)CO)O3)[C@H]2O)[C@H](O)[C@H]1O)[C@H](O)[C@H](O)CCCCCCCCCCC(C)C. The lowest BCUT2D eigenvalue weighted by atomic mass is 9.87. The monoisotopic (exact) mass is 1550 g/mol. The van der Waals surface area contributed by atoms with Crippen molar-refractivity contribution in [3.8, 4) is 0 Å². The maximum atomic E-state index is 13.8. The molecule has 0 spiro atoms. The van der Waals surface area contributed by atoms with E-state index < -0.39 is 241 Å². The molecule has 5 fully saturated rings. The van der Waals surface area contributed by atoms with Gasteiger partial charge in [-0.05, 0) is 18.8 Å². The minimum atomic E-state index is -3.40. The van der Waals surface area contributed by atoms with Crippen molar-refractivity contribution in [3.05, 3.63) is 0 Å². The van der Waals surface area contributed by atoms with Gasteiger partial charge in [-0.25, -0.2) is 4.79 Å². The first-order valence-electron chi connectivity index (χ1n) is 39.4. The van der Waals surface area contributed by atoms with Crippen LogP contribution in [0.5, 0.6) is 0 Å². The summed E-state index contributed by atoms with van der Waals surface area (Å²) in [6.07, 6.45) is -23.4. The number of hydrogen-bond donors (Lipinski definition) is 21. The first-order chi connectivity index (χ1) is 51.1. The molecular formula is C73H134N2O32. The molecule has 0 aliphatic carbocycles. The summed E-state index contributed by atoms with van der Waals surface area (Å²) >= 11 is 0. The summed E-state index contributed by atoms with van der Waals surface area (Å²) < 4.78 is 58.0. The van der Waals surface area contributed by atoms with Gasteiger partial charge in [-0.1, -0.05) is 194 Å². The number of unbranched alkanes of at least 4 members (excludes halogenated alkanes) is 24. The lowest BCUT2D eigenvalue weighted by Gasteiger charge is -2.52. The number of amides is 2. The Bertz CT molecular complexity index is 2410. The smallest absolute Gasteiger partial charge is 0.364 e. The first kappa shape index (κ1) is 94.9. The number of carbonyl (C=O) groups excluding carboxylic acids is 2. The van der Waals surface area contributed by atoms with Gasteiger partial charge < -0.3 is 155 Å². The van der Waals surface area contributed by atoms with Crippen LogP contribution in [0.2, 0.25) is 0 Å². The molecule has 0 aromatic heterocycles. The van der Waals surface area contributed by atoms with E-state index in [0.29, 0.717) is 18.8 Å². The minimum Gasteiger partial charge on any atom is -0.477 e. The zero-order valence-corrected chi connectivity index (χ0v) is 63.0. The van der Waals surface area contributed by atoms with E-state index in [1.807, 2.05) is 0 Å². The van der Waals surface area contributed by atoms with Gasteiger partial charge in [-0.2, -0.15) is 0 Å². The zero-order valence-electron chi connectivity index (χ0n) is 63.0. The second kappa shape index (κ2) is 49.8. The molecule has 29 atom stereocenters. The highest BCUT2D eigenvalue weighted by Gasteiger charge is 2.62. The molecule has 5 aliphatic rings. The van der Waals surface area contributed by atoms with E-state index >= 15 is 0 Å². The molecule has 34 nitrogen and oxygen atoms in total. The van der Waals surface area contributed by atoms with Crippen LogP contribution >= 0.6 is 0 Å². The van der Waals surface area contributed by atoms with Gasteiger partial charge in [-0.15, -0.1) is 0 Å². The van der Waals surface area contributed by atoms with Crippen LogP contribution in [-0.4, -0.2) is 332 Å². The standard InChI is InChI=1S/C73H134N2O32/c1-5-6-7-8-9-10-11-12-13-14-15-16-17-18-19-24-27-30-33-45(82)67(95)75-43(53(85)44(81)32-29-26-23-21-20-22-25-28-31-41(2)3)39-98-68-60(92)57(89)64(50(37-78)102-68)105-71-62(94)66(56(88)49(36-77)101-71)107-73(72(96)97)34-48(52(74-42(4)80)65(106-73)55(87)46(83)35-76)100-70-61(93)58(90)63(51(38-79)103-70)104-69-59(91)54(86)47(84)40-99-69/h41,43-66,68-71,76-79,81-94H,5-40H2,1-4H3,(H,74,80)(H,75,95)(H,96,97)/t43-,44+,45+,46?,47-,48-,49+,50+,51+,52+,53-,54-,55?,56-,57+,58+,59+,60+,61+,62+,63-,64+,65+,66-,68+,69+,70-,71-,73-/m0/s1. The summed E-state index contributed by atoms with van der Waals surface area (Å²) in [5.74, 6) is -6.72. The minimum absolute atomic E-state index is 0.0918. The predicted molar refractivity (Wildman–Crippen MR) is 377 cm³/mol.